The number of hydrogen-bond acceptors (Lipinski definition) is 3. The maximum absolute atomic E-state index is 9.38. The molecular weight excluding hydrogens is 262 g/mol. The van der Waals surface area contributed by atoms with Crippen LogP contribution in [-0.2, 0) is 17.9 Å². The smallest absolute Gasteiger partial charge is 0.291 e. The van der Waals surface area contributed by atoms with E-state index >= 15 is 0 Å². The second kappa shape index (κ2) is 6.87. The number of aryl methyl sites for hydroxylation is 2. The van der Waals surface area contributed by atoms with Gasteiger partial charge in [-0.25, -0.2) is 4.98 Å². The lowest BCUT2D eigenvalue weighted by atomic mass is 10.1. The van der Waals surface area contributed by atoms with Crippen LogP contribution in [0.2, 0.25) is 0 Å². The summed E-state index contributed by atoms with van der Waals surface area (Å²) in [7, 11) is 1.63. The molecular formula is C17H20N3O+. The Hall–Kier alpha value is -2.38. The minimum atomic E-state index is 0.428. The van der Waals surface area contributed by atoms with Crippen molar-refractivity contribution < 1.29 is 9.72 Å². The van der Waals surface area contributed by atoms with Crippen molar-refractivity contribution in [1.29, 1.82) is 5.26 Å². The van der Waals surface area contributed by atoms with Crippen LogP contribution in [0.4, 0.5) is 5.82 Å². The van der Waals surface area contributed by atoms with Gasteiger partial charge >= 0.3 is 0 Å². The standard InChI is InChI=1S/C17H19N3O/c1-12-4-6-14(7-5-12)10-19-17-16(9-18)15(11-21-3)8-13(2)20-17/h4-8H,10-11H2,1-3H3,(H,19,20)/p+1. The Balaban J connectivity index is 2.22. The summed E-state index contributed by atoms with van der Waals surface area (Å²) >= 11 is 0. The molecule has 0 unspecified atom stereocenters. The van der Waals surface area contributed by atoms with Gasteiger partial charge in [-0.1, -0.05) is 29.8 Å². The summed E-state index contributed by atoms with van der Waals surface area (Å²) < 4.78 is 5.16. The molecule has 108 valence electrons. The van der Waals surface area contributed by atoms with Crippen LogP contribution in [0.5, 0.6) is 0 Å². The fourth-order valence-corrected chi connectivity index (χ4v) is 2.22. The van der Waals surface area contributed by atoms with Crippen LogP contribution in [0, 0.1) is 25.2 Å². The molecule has 1 aromatic heterocycles. The molecule has 0 aliphatic heterocycles. The Kier molecular flexibility index (Phi) is 4.91. The number of aromatic amines is 1. The van der Waals surface area contributed by atoms with Gasteiger partial charge in [0.05, 0.1) is 12.3 Å². The highest BCUT2D eigenvalue weighted by Crippen LogP contribution is 2.17. The van der Waals surface area contributed by atoms with Crippen LogP contribution in [0.3, 0.4) is 0 Å². The molecule has 4 heteroatoms. The van der Waals surface area contributed by atoms with E-state index in [0.29, 0.717) is 18.7 Å². The zero-order chi connectivity index (χ0) is 15.2. The number of nitriles is 1. The van der Waals surface area contributed by atoms with Crippen LogP contribution < -0.4 is 10.3 Å². The first-order valence-corrected chi connectivity index (χ1v) is 6.88. The lowest BCUT2D eigenvalue weighted by molar-refractivity contribution is -0.371. The predicted molar refractivity (Wildman–Crippen MR) is 81.7 cm³/mol. The normalized spacial score (nSPS) is 10.2. The van der Waals surface area contributed by atoms with Gasteiger partial charge in [-0.2, -0.15) is 5.26 Å². The van der Waals surface area contributed by atoms with E-state index in [1.165, 1.54) is 11.1 Å². The van der Waals surface area contributed by atoms with Gasteiger partial charge in [-0.15, -0.1) is 0 Å². The molecule has 1 heterocycles. The fourth-order valence-electron chi connectivity index (χ4n) is 2.22. The van der Waals surface area contributed by atoms with Gasteiger partial charge in [0.2, 0.25) is 0 Å². The molecule has 0 saturated carbocycles. The van der Waals surface area contributed by atoms with E-state index < -0.39 is 0 Å². The third kappa shape index (κ3) is 3.80. The molecule has 0 aliphatic rings. The average Bonchev–Trinajstić information content (AvgIpc) is 2.47. The second-order valence-corrected chi connectivity index (χ2v) is 5.11. The highest BCUT2D eigenvalue weighted by Gasteiger charge is 2.16. The third-order valence-electron chi connectivity index (χ3n) is 3.29. The van der Waals surface area contributed by atoms with Crippen molar-refractivity contribution >= 4 is 5.82 Å². The number of aromatic nitrogens is 1. The van der Waals surface area contributed by atoms with Gasteiger partial charge < -0.3 is 4.74 Å². The zero-order valence-electron chi connectivity index (χ0n) is 12.7. The molecule has 1 aromatic carbocycles. The Morgan fingerprint density at radius 2 is 1.95 bits per heavy atom. The summed E-state index contributed by atoms with van der Waals surface area (Å²) in [6, 6.07) is 12.5. The first-order valence-electron chi connectivity index (χ1n) is 6.88. The topological polar surface area (TPSA) is 59.2 Å². The van der Waals surface area contributed by atoms with E-state index in [2.05, 4.69) is 47.6 Å². The number of benzene rings is 1. The first kappa shape index (κ1) is 15.0. The van der Waals surface area contributed by atoms with Crippen molar-refractivity contribution in [3.05, 3.63) is 58.3 Å². The Bertz CT molecular complexity index is 657. The predicted octanol–water partition coefficient (Wildman–Crippen LogP) is 2.75. The lowest BCUT2D eigenvalue weighted by Crippen LogP contribution is -2.19. The fraction of sp³-hybridized carbons (Fsp3) is 0.294. The van der Waals surface area contributed by atoms with Gasteiger partial charge in [-0.05, 0) is 25.5 Å². The molecule has 21 heavy (non-hydrogen) atoms. The van der Waals surface area contributed by atoms with Crippen LogP contribution in [0.1, 0.15) is 27.9 Å². The van der Waals surface area contributed by atoms with Gasteiger partial charge in [0.1, 0.15) is 18.2 Å². The van der Waals surface area contributed by atoms with Crippen molar-refractivity contribution in [3.63, 3.8) is 0 Å². The number of ether oxygens (including phenoxy) is 1. The summed E-state index contributed by atoms with van der Waals surface area (Å²) in [6.45, 7) is 5.13. The van der Waals surface area contributed by atoms with E-state index in [1.807, 2.05) is 13.0 Å². The van der Waals surface area contributed by atoms with Crippen molar-refractivity contribution in [3.8, 4) is 6.07 Å². The Morgan fingerprint density at radius 1 is 1.24 bits per heavy atom. The molecule has 0 fully saturated rings. The summed E-state index contributed by atoms with van der Waals surface area (Å²) in [5.74, 6) is 0.741. The number of rotatable bonds is 5. The maximum Gasteiger partial charge on any atom is 0.291 e. The third-order valence-corrected chi connectivity index (χ3v) is 3.29. The van der Waals surface area contributed by atoms with Crippen LogP contribution in [0.15, 0.2) is 30.3 Å². The van der Waals surface area contributed by atoms with E-state index in [1.54, 1.807) is 7.11 Å². The van der Waals surface area contributed by atoms with Gasteiger partial charge in [0.15, 0.2) is 0 Å². The number of pyridine rings is 1. The molecule has 0 spiro atoms. The summed E-state index contributed by atoms with van der Waals surface area (Å²) in [4.78, 5) is 3.22. The number of methoxy groups -OCH3 is 1. The van der Waals surface area contributed by atoms with Crippen LogP contribution in [-0.4, -0.2) is 7.11 Å². The SMILES string of the molecule is COCc1cc(C)[nH+]c(NCc2ccc(C)cc2)c1C#N. The molecule has 4 nitrogen and oxygen atoms in total. The van der Waals surface area contributed by atoms with Crippen LogP contribution >= 0.6 is 0 Å². The monoisotopic (exact) mass is 282 g/mol. The van der Waals surface area contributed by atoms with Gasteiger partial charge in [0.25, 0.3) is 5.82 Å². The molecule has 0 bridgehead atoms. The average molecular weight is 282 g/mol. The highest BCUT2D eigenvalue weighted by molar-refractivity contribution is 5.53. The van der Waals surface area contributed by atoms with Gasteiger partial charge in [0, 0.05) is 12.7 Å². The van der Waals surface area contributed by atoms with Gasteiger partial charge in [-0.3, -0.25) is 5.32 Å². The van der Waals surface area contributed by atoms with E-state index in [0.717, 1.165) is 17.1 Å². The number of nitrogens with one attached hydrogen (secondary N) is 2. The highest BCUT2D eigenvalue weighted by atomic mass is 16.5. The molecule has 2 N–H and O–H groups in total. The molecule has 2 rings (SSSR count). The quantitative estimate of drug-likeness (QED) is 0.917. The Morgan fingerprint density at radius 3 is 2.57 bits per heavy atom. The number of hydrogen-bond donors (Lipinski definition) is 1. The zero-order valence-corrected chi connectivity index (χ0v) is 12.7. The van der Waals surface area contributed by atoms with Crippen molar-refractivity contribution in [2.24, 2.45) is 0 Å². The van der Waals surface area contributed by atoms with Crippen molar-refractivity contribution in [1.82, 2.24) is 0 Å². The molecule has 0 saturated heterocycles. The minimum Gasteiger partial charge on any atom is -0.380 e. The van der Waals surface area contributed by atoms with E-state index in [-0.39, 0.29) is 0 Å². The van der Waals surface area contributed by atoms with E-state index in [4.69, 9.17) is 4.74 Å². The Labute approximate surface area is 125 Å². The van der Waals surface area contributed by atoms with Crippen molar-refractivity contribution in [2.45, 2.75) is 27.0 Å². The first-order chi connectivity index (χ1) is 10.1. The molecule has 0 radical (unpaired) electrons. The second-order valence-electron chi connectivity index (χ2n) is 5.11. The lowest BCUT2D eigenvalue weighted by Gasteiger charge is -2.07. The number of anilines is 1. The van der Waals surface area contributed by atoms with E-state index in [9.17, 15) is 5.26 Å². The van der Waals surface area contributed by atoms with Crippen molar-refractivity contribution in [2.75, 3.05) is 12.4 Å². The maximum atomic E-state index is 9.38. The molecule has 2 aromatic rings. The summed E-state index contributed by atoms with van der Waals surface area (Å²) in [5.41, 5.74) is 4.90. The number of nitrogens with zero attached hydrogens (tertiary/aromatic N) is 1. The summed E-state index contributed by atoms with van der Waals surface area (Å²) in [5, 5.41) is 12.7. The van der Waals surface area contributed by atoms with Crippen LogP contribution in [0.25, 0.3) is 0 Å². The molecule has 0 atom stereocenters. The number of H-pyrrole nitrogens is 1. The minimum absolute atomic E-state index is 0.428. The largest absolute Gasteiger partial charge is 0.380 e. The summed E-state index contributed by atoms with van der Waals surface area (Å²) in [6.07, 6.45) is 0. The molecule has 0 aliphatic carbocycles. The molecule has 0 amide bonds.